The second kappa shape index (κ2) is 8.56. The Kier molecular flexibility index (Phi) is 6.70. The molecule has 0 aliphatic heterocycles. The zero-order valence-corrected chi connectivity index (χ0v) is 16.1. The van der Waals surface area contributed by atoms with E-state index in [9.17, 15) is 8.42 Å². The highest BCUT2D eigenvalue weighted by molar-refractivity contribution is 7.89. The standard InChI is InChI=1S/C18H22ClNO4S/c1-4-20(25(21,22)16-9-7-15(19)8-10-16)13-14-6-11-17(24-5-2)18(12-14)23-3/h6-12H,4-5,13H2,1-3H3. The third-order valence-corrected chi connectivity index (χ3v) is 5.88. The Morgan fingerprint density at radius 2 is 1.72 bits per heavy atom. The largest absolute Gasteiger partial charge is 0.493 e. The molecular weight excluding hydrogens is 362 g/mol. The van der Waals surface area contributed by atoms with Crippen molar-refractivity contribution in [3.05, 3.63) is 53.1 Å². The Hall–Kier alpha value is -1.76. The zero-order valence-electron chi connectivity index (χ0n) is 14.5. The molecule has 0 N–H and O–H groups in total. The number of ether oxygens (including phenoxy) is 2. The van der Waals surface area contributed by atoms with Gasteiger partial charge in [0.15, 0.2) is 11.5 Å². The van der Waals surface area contributed by atoms with E-state index in [0.29, 0.717) is 29.7 Å². The average Bonchev–Trinajstić information content (AvgIpc) is 2.61. The minimum absolute atomic E-state index is 0.219. The van der Waals surface area contributed by atoms with Crippen LogP contribution in [0.2, 0.25) is 5.02 Å². The molecule has 2 aromatic carbocycles. The highest BCUT2D eigenvalue weighted by atomic mass is 35.5. The maximum Gasteiger partial charge on any atom is 0.243 e. The van der Waals surface area contributed by atoms with Crippen molar-refractivity contribution in [2.45, 2.75) is 25.3 Å². The van der Waals surface area contributed by atoms with Crippen LogP contribution in [-0.4, -0.2) is 33.0 Å². The van der Waals surface area contributed by atoms with Crippen molar-refractivity contribution >= 4 is 21.6 Å². The van der Waals surface area contributed by atoms with Gasteiger partial charge in [-0.2, -0.15) is 4.31 Å². The monoisotopic (exact) mass is 383 g/mol. The minimum Gasteiger partial charge on any atom is -0.493 e. The first-order valence-corrected chi connectivity index (χ1v) is 9.79. The summed E-state index contributed by atoms with van der Waals surface area (Å²) in [5.41, 5.74) is 0.819. The fourth-order valence-electron chi connectivity index (χ4n) is 2.41. The summed E-state index contributed by atoms with van der Waals surface area (Å²) in [6.07, 6.45) is 0. The first-order valence-electron chi connectivity index (χ1n) is 7.97. The lowest BCUT2D eigenvalue weighted by molar-refractivity contribution is 0.310. The maximum atomic E-state index is 12.8. The lowest BCUT2D eigenvalue weighted by Gasteiger charge is -2.21. The molecule has 2 aromatic rings. The molecule has 0 fully saturated rings. The fourth-order valence-corrected chi connectivity index (χ4v) is 3.97. The summed E-state index contributed by atoms with van der Waals surface area (Å²) in [5, 5.41) is 0.498. The van der Waals surface area contributed by atoms with E-state index in [-0.39, 0.29) is 11.4 Å². The van der Waals surface area contributed by atoms with Crippen LogP contribution >= 0.6 is 11.6 Å². The molecule has 0 atom stereocenters. The van der Waals surface area contributed by atoms with Crippen LogP contribution in [0.1, 0.15) is 19.4 Å². The molecule has 0 spiro atoms. The van der Waals surface area contributed by atoms with Gasteiger partial charge in [0.2, 0.25) is 10.0 Å². The van der Waals surface area contributed by atoms with Gasteiger partial charge in [-0.3, -0.25) is 0 Å². The van der Waals surface area contributed by atoms with Gasteiger partial charge in [-0.1, -0.05) is 24.6 Å². The van der Waals surface area contributed by atoms with Crippen molar-refractivity contribution in [1.29, 1.82) is 0 Å². The molecule has 136 valence electrons. The number of halogens is 1. The van der Waals surface area contributed by atoms with Gasteiger partial charge in [-0.15, -0.1) is 0 Å². The minimum atomic E-state index is -3.60. The van der Waals surface area contributed by atoms with Gasteiger partial charge >= 0.3 is 0 Å². The smallest absolute Gasteiger partial charge is 0.243 e. The second-order valence-electron chi connectivity index (χ2n) is 5.30. The Balaban J connectivity index is 2.28. The predicted octanol–water partition coefficient (Wildman–Crippen LogP) is 3.96. The number of sulfonamides is 1. The Labute approximate surface area is 154 Å². The van der Waals surface area contributed by atoms with E-state index >= 15 is 0 Å². The topological polar surface area (TPSA) is 55.8 Å². The molecule has 5 nitrogen and oxygen atoms in total. The van der Waals surface area contributed by atoms with E-state index in [1.807, 2.05) is 13.0 Å². The van der Waals surface area contributed by atoms with Gasteiger partial charge in [0.05, 0.1) is 18.6 Å². The highest BCUT2D eigenvalue weighted by Gasteiger charge is 2.23. The van der Waals surface area contributed by atoms with E-state index in [2.05, 4.69) is 0 Å². The van der Waals surface area contributed by atoms with E-state index in [1.165, 1.54) is 16.4 Å². The lowest BCUT2D eigenvalue weighted by Crippen LogP contribution is -2.30. The van der Waals surface area contributed by atoms with E-state index < -0.39 is 10.0 Å². The number of hydrogen-bond donors (Lipinski definition) is 0. The van der Waals surface area contributed by atoms with Crippen LogP contribution in [0.25, 0.3) is 0 Å². The van der Waals surface area contributed by atoms with Crippen molar-refractivity contribution in [2.24, 2.45) is 0 Å². The van der Waals surface area contributed by atoms with Gasteiger partial charge < -0.3 is 9.47 Å². The third-order valence-electron chi connectivity index (χ3n) is 3.69. The first kappa shape index (κ1) is 19.6. The van der Waals surface area contributed by atoms with Crippen LogP contribution in [0, 0.1) is 0 Å². The van der Waals surface area contributed by atoms with Crippen LogP contribution < -0.4 is 9.47 Å². The van der Waals surface area contributed by atoms with Crippen LogP contribution in [0.4, 0.5) is 0 Å². The van der Waals surface area contributed by atoms with E-state index in [0.717, 1.165) is 5.56 Å². The van der Waals surface area contributed by atoms with Gasteiger partial charge in [-0.25, -0.2) is 8.42 Å². The average molecular weight is 384 g/mol. The molecule has 0 saturated heterocycles. The normalized spacial score (nSPS) is 11.6. The van der Waals surface area contributed by atoms with Gasteiger partial charge in [-0.05, 0) is 48.9 Å². The van der Waals surface area contributed by atoms with Crippen LogP contribution in [0.15, 0.2) is 47.4 Å². The molecule has 0 heterocycles. The lowest BCUT2D eigenvalue weighted by atomic mass is 10.2. The molecule has 0 aromatic heterocycles. The number of benzene rings is 2. The van der Waals surface area contributed by atoms with Crippen molar-refractivity contribution in [3.8, 4) is 11.5 Å². The number of rotatable bonds is 8. The van der Waals surface area contributed by atoms with Crippen LogP contribution in [-0.2, 0) is 16.6 Å². The van der Waals surface area contributed by atoms with Crippen molar-refractivity contribution < 1.29 is 17.9 Å². The van der Waals surface area contributed by atoms with Crippen molar-refractivity contribution in [3.63, 3.8) is 0 Å². The number of hydrogen-bond acceptors (Lipinski definition) is 4. The summed E-state index contributed by atoms with van der Waals surface area (Å²) >= 11 is 5.84. The molecule has 7 heteroatoms. The molecule has 2 rings (SSSR count). The van der Waals surface area contributed by atoms with Gasteiger partial charge in [0, 0.05) is 18.1 Å². The molecule has 0 aliphatic rings. The molecule has 25 heavy (non-hydrogen) atoms. The van der Waals surface area contributed by atoms with Crippen molar-refractivity contribution in [1.82, 2.24) is 4.31 Å². The van der Waals surface area contributed by atoms with E-state index in [4.69, 9.17) is 21.1 Å². The Morgan fingerprint density at radius 3 is 2.28 bits per heavy atom. The highest BCUT2D eigenvalue weighted by Crippen LogP contribution is 2.29. The fraction of sp³-hybridized carbons (Fsp3) is 0.333. The Bertz CT molecular complexity index is 806. The molecule has 0 saturated carbocycles. The summed E-state index contributed by atoms with van der Waals surface area (Å²) in [6.45, 7) is 4.82. The van der Waals surface area contributed by atoms with Crippen LogP contribution in [0.3, 0.4) is 0 Å². The predicted molar refractivity (Wildman–Crippen MR) is 98.9 cm³/mol. The third kappa shape index (κ3) is 4.66. The summed E-state index contributed by atoms with van der Waals surface area (Å²) < 4.78 is 37.9. The summed E-state index contributed by atoms with van der Waals surface area (Å²) in [5.74, 6) is 1.22. The van der Waals surface area contributed by atoms with E-state index in [1.54, 1.807) is 38.3 Å². The van der Waals surface area contributed by atoms with Gasteiger partial charge in [0.1, 0.15) is 0 Å². The first-order chi connectivity index (χ1) is 11.9. The summed E-state index contributed by atoms with van der Waals surface area (Å²) in [4.78, 5) is 0.219. The molecule has 0 bridgehead atoms. The zero-order chi connectivity index (χ0) is 18.4. The Morgan fingerprint density at radius 1 is 1.04 bits per heavy atom. The molecule has 0 unspecified atom stereocenters. The summed E-state index contributed by atoms with van der Waals surface area (Å²) in [6, 6.07) is 11.6. The SMILES string of the molecule is CCOc1ccc(CN(CC)S(=O)(=O)c2ccc(Cl)cc2)cc1OC. The molecule has 0 radical (unpaired) electrons. The van der Waals surface area contributed by atoms with Crippen LogP contribution in [0.5, 0.6) is 11.5 Å². The molecular formula is C18H22ClNO4S. The molecule has 0 amide bonds. The second-order valence-corrected chi connectivity index (χ2v) is 7.68. The number of nitrogens with zero attached hydrogens (tertiary/aromatic N) is 1. The summed E-state index contributed by atoms with van der Waals surface area (Å²) in [7, 11) is -2.04. The molecule has 0 aliphatic carbocycles. The maximum absolute atomic E-state index is 12.8. The number of methoxy groups -OCH3 is 1. The van der Waals surface area contributed by atoms with Gasteiger partial charge in [0.25, 0.3) is 0 Å². The van der Waals surface area contributed by atoms with Crippen molar-refractivity contribution in [2.75, 3.05) is 20.3 Å². The quantitative estimate of drug-likeness (QED) is 0.692.